The summed E-state index contributed by atoms with van der Waals surface area (Å²) in [5.41, 5.74) is -5.06. The van der Waals surface area contributed by atoms with Crippen molar-refractivity contribution in [3.63, 3.8) is 0 Å². The lowest BCUT2D eigenvalue weighted by atomic mass is 9.42. The molecule has 0 amide bonds. The van der Waals surface area contributed by atoms with Gasteiger partial charge < -0.3 is 112 Å². The predicted molar refractivity (Wildman–Crippen MR) is 309 cm³/mol. The van der Waals surface area contributed by atoms with Crippen LogP contribution < -0.4 is 0 Å². The highest BCUT2D eigenvalue weighted by Gasteiger charge is 2.81. The lowest BCUT2D eigenvalue weighted by molar-refractivity contribution is -0.374. The maximum atomic E-state index is 14.0. The van der Waals surface area contributed by atoms with E-state index in [-0.39, 0.29) is 49.6 Å². The minimum Gasteiger partial charge on any atom is -0.458 e. The van der Waals surface area contributed by atoms with Gasteiger partial charge in [0, 0.05) is 71.9 Å². The summed E-state index contributed by atoms with van der Waals surface area (Å²) in [6, 6.07) is 8.37. The highest BCUT2D eigenvalue weighted by atomic mass is 16.8. The third kappa shape index (κ3) is 12.6. The van der Waals surface area contributed by atoms with Crippen LogP contribution in [0.3, 0.4) is 0 Å². The van der Waals surface area contributed by atoms with E-state index in [1.807, 2.05) is 26.8 Å². The quantitative estimate of drug-likeness (QED) is 0.0770. The van der Waals surface area contributed by atoms with Crippen molar-refractivity contribution in [3.8, 4) is 0 Å². The van der Waals surface area contributed by atoms with Crippen molar-refractivity contribution < 1.29 is 126 Å². The Bertz CT molecular complexity index is 2650. The molecule has 23 unspecified atom stereocenters. The zero-order chi connectivity index (χ0) is 65.1. The van der Waals surface area contributed by atoms with Crippen molar-refractivity contribution in [2.75, 3.05) is 35.0 Å². The fourth-order valence-electron chi connectivity index (χ4n) is 16.9. The van der Waals surface area contributed by atoms with E-state index >= 15 is 0 Å². The number of hydrogen-bond acceptors (Lipinski definition) is 26. The Labute approximate surface area is 525 Å². The second-order valence-corrected chi connectivity index (χ2v) is 26.7. The molecular formula is C64H96O26. The average molecular weight is 1280 g/mol. The van der Waals surface area contributed by atoms with Gasteiger partial charge >= 0.3 is 11.9 Å². The smallest absolute Gasteiger partial charge is 0.338 e. The van der Waals surface area contributed by atoms with Gasteiger partial charge in [0.2, 0.25) is 0 Å². The minimum absolute atomic E-state index is 0.0100. The SMILES string of the molecule is COC1CC(O[C@H]2CC[C@@]3(C)C(=CC[C@]4(O)C3[C@H](OC(C)=O)[C@@H](OC(=O)c3ccccc3)[C@]3(C)[C@@H](C(C)=O)CC[C@@]34O)C2)OC(C)C1OC1CC(OC)C(OC2CC(OC)C(OC3OC(C)C(OC4OC(CO)C(O)C(O)C4O)C(OC)C3O)C(C)O2)C(C)O1. The van der Waals surface area contributed by atoms with Crippen LogP contribution >= 0.6 is 0 Å². The Morgan fingerprint density at radius 3 is 1.66 bits per heavy atom. The number of fused-ring (bicyclic) bond motifs is 5. The summed E-state index contributed by atoms with van der Waals surface area (Å²) in [6.45, 7) is 12.9. The number of ketones is 1. The largest absolute Gasteiger partial charge is 0.458 e. The number of methoxy groups -OCH3 is 4. The van der Waals surface area contributed by atoms with Gasteiger partial charge in [-0.2, -0.15) is 0 Å². The van der Waals surface area contributed by atoms with Crippen LogP contribution in [-0.4, -0.2) is 253 Å². The molecule has 9 aliphatic rings. The molecule has 5 heterocycles. The number of rotatable bonds is 19. The van der Waals surface area contributed by atoms with E-state index in [0.717, 1.165) is 5.57 Å². The number of aliphatic hydroxyl groups is 7. The summed E-state index contributed by atoms with van der Waals surface area (Å²) in [5, 5.41) is 79.0. The van der Waals surface area contributed by atoms with Crippen LogP contribution in [0, 0.1) is 22.7 Å². The highest BCUT2D eigenvalue weighted by Crippen LogP contribution is 2.71. The molecule has 3 saturated carbocycles. The van der Waals surface area contributed by atoms with Crippen LogP contribution in [0.4, 0.5) is 0 Å². The average Bonchev–Trinajstić information content (AvgIpc) is 1.25. The molecule has 1 aromatic carbocycles. The Kier molecular flexibility index (Phi) is 21.5. The third-order valence-electron chi connectivity index (χ3n) is 21.6. The minimum atomic E-state index is -1.92. The Balaban J connectivity index is 0.746. The van der Waals surface area contributed by atoms with Crippen LogP contribution in [0.1, 0.15) is 124 Å². The molecule has 0 spiro atoms. The van der Waals surface area contributed by atoms with Crippen LogP contribution in [0.25, 0.3) is 0 Å². The van der Waals surface area contributed by atoms with Crippen molar-refractivity contribution in [1.29, 1.82) is 0 Å². The van der Waals surface area contributed by atoms with Crippen molar-refractivity contribution in [2.45, 2.75) is 278 Å². The van der Waals surface area contributed by atoms with E-state index in [4.69, 9.17) is 75.8 Å². The number of hydrogen-bond donors (Lipinski definition) is 7. The number of carbonyl (C=O) groups is 3. The molecule has 10 rings (SSSR count). The van der Waals surface area contributed by atoms with Crippen LogP contribution in [0.2, 0.25) is 0 Å². The number of aliphatic hydroxyl groups excluding tert-OH is 5. The van der Waals surface area contributed by atoms with Crippen molar-refractivity contribution in [2.24, 2.45) is 22.7 Å². The van der Waals surface area contributed by atoms with Gasteiger partial charge in [0.25, 0.3) is 0 Å². The summed E-state index contributed by atoms with van der Waals surface area (Å²) in [7, 11) is 6.07. The number of esters is 2. The molecule has 508 valence electrons. The standard InChI is InChI=1S/C64H96O26/c1-29(66)38-20-23-64(74)62(38,8)57(90-58(72)35-16-14-13-15-17-35)55(83-34(6)67)56-61(7)21-19-37(24-36(61)18-22-63(56,64)73)84-43-25-39(75-9)50(30(2)79-43)86-44-26-40(76-10)51(31(3)80-44)87-45-27-41(77-11)52(32(4)81-45)88-60-49(71)54(78-12)53(33(5)82-60)89-59-48(70)47(69)46(68)42(28-65)85-59/h13-18,30-33,37-57,59-60,65,68-71,73-74H,19-28H2,1-12H3/t30?,31?,32?,33?,37-,38+,39?,40?,41?,42?,43?,44?,45?,46?,47?,48?,49?,50?,51?,52?,53?,54?,55-,56?,57+,59?,60?,61-,62-,63-,64+/m0/s1. The van der Waals surface area contributed by atoms with Gasteiger partial charge in [0.15, 0.2) is 31.5 Å². The van der Waals surface area contributed by atoms with Crippen LogP contribution in [0.15, 0.2) is 42.0 Å². The fourth-order valence-corrected chi connectivity index (χ4v) is 16.9. The zero-order valence-corrected chi connectivity index (χ0v) is 53.5. The predicted octanol–water partition coefficient (Wildman–Crippen LogP) is 2.06. The van der Waals surface area contributed by atoms with Gasteiger partial charge in [-0.1, -0.05) is 43.7 Å². The molecule has 5 aliphatic heterocycles. The number of ether oxygens (including phenoxy) is 16. The normalized spacial score (nSPS) is 48.7. The third-order valence-corrected chi connectivity index (χ3v) is 21.6. The molecule has 90 heavy (non-hydrogen) atoms. The molecule has 5 saturated heterocycles. The van der Waals surface area contributed by atoms with Gasteiger partial charge in [0.1, 0.15) is 90.2 Å². The summed E-state index contributed by atoms with van der Waals surface area (Å²) in [6.07, 6.45) is -19.5. The molecule has 0 radical (unpaired) electrons. The van der Waals surface area contributed by atoms with Crippen LogP contribution in [0.5, 0.6) is 0 Å². The van der Waals surface area contributed by atoms with E-state index in [9.17, 15) is 50.1 Å². The summed E-state index contributed by atoms with van der Waals surface area (Å²) in [4.78, 5) is 40.8. The lowest BCUT2D eigenvalue weighted by Gasteiger charge is -2.68. The highest BCUT2D eigenvalue weighted by molar-refractivity contribution is 5.89. The number of carbonyl (C=O) groups excluding carboxylic acids is 3. The second kappa shape index (κ2) is 27.8. The van der Waals surface area contributed by atoms with Crippen LogP contribution in [-0.2, 0) is 85.4 Å². The Morgan fingerprint density at radius 2 is 1.12 bits per heavy atom. The van der Waals surface area contributed by atoms with E-state index in [0.29, 0.717) is 25.7 Å². The van der Waals surface area contributed by atoms with Crippen molar-refractivity contribution in [1.82, 2.24) is 0 Å². The molecule has 0 bridgehead atoms. The molecule has 0 aromatic heterocycles. The van der Waals surface area contributed by atoms with E-state index < -0.39 is 200 Å². The van der Waals surface area contributed by atoms with E-state index in [1.165, 1.54) is 28.1 Å². The molecule has 8 fully saturated rings. The topological polar surface area (TPSA) is 340 Å². The molecule has 31 atom stereocenters. The molecule has 26 heteroatoms. The molecule has 4 aliphatic carbocycles. The van der Waals surface area contributed by atoms with Gasteiger partial charge in [-0.15, -0.1) is 0 Å². The fraction of sp³-hybridized carbons (Fsp3) is 0.828. The van der Waals surface area contributed by atoms with Crippen molar-refractivity contribution in [3.05, 3.63) is 47.5 Å². The summed E-state index contributed by atoms with van der Waals surface area (Å²) >= 11 is 0. The molecular weight excluding hydrogens is 1180 g/mol. The molecule has 7 N–H and O–H groups in total. The van der Waals surface area contributed by atoms with Gasteiger partial charge in [-0.05, 0) is 90.7 Å². The molecule has 26 nitrogen and oxygen atoms in total. The maximum absolute atomic E-state index is 14.0. The first kappa shape index (κ1) is 69.6. The zero-order valence-electron chi connectivity index (χ0n) is 53.5. The van der Waals surface area contributed by atoms with E-state index in [2.05, 4.69) is 0 Å². The number of benzene rings is 1. The summed E-state index contributed by atoms with van der Waals surface area (Å²) in [5.74, 6) is -3.36. The summed E-state index contributed by atoms with van der Waals surface area (Å²) < 4.78 is 100. The van der Waals surface area contributed by atoms with E-state index in [1.54, 1.807) is 65.3 Å². The maximum Gasteiger partial charge on any atom is 0.338 e. The van der Waals surface area contributed by atoms with Gasteiger partial charge in [0.05, 0.1) is 61.0 Å². The first-order valence-corrected chi connectivity index (χ1v) is 31.8. The second-order valence-electron chi connectivity index (χ2n) is 26.7. The lowest BCUT2D eigenvalue weighted by Crippen LogP contribution is -2.80. The van der Waals surface area contributed by atoms with Gasteiger partial charge in [-0.3, -0.25) is 9.59 Å². The first-order valence-electron chi connectivity index (χ1n) is 31.8. The van der Waals surface area contributed by atoms with Crippen molar-refractivity contribution >= 4 is 17.7 Å². The number of Topliss-reactive ketones (excluding diaryl/α,β-unsaturated/α-hetero) is 1. The Hall–Kier alpha value is -3.27. The van der Waals surface area contributed by atoms with Gasteiger partial charge in [-0.25, -0.2) is 4.79 Å². The Morgan fingerprint density at radius 1 is 0.589 bits per heavy atom. The monoisotopic (exact) mass is 1280 g/mol. The molecule has 1 aromatic rings. The first-order chi connectivity index (χ1) is 42.7.